The minimum atomic E-state index is -0.530. The molecule has 19 heavy (non-hydrogen) atoms. The molecule has 7 nitrogen and oxygen atoms in total. The van der Waals surface area contributed by atoms with Crippen molar-refractivity contribution in [1.82, 2.24) is 9.97 Å². The Morgan fingerprint density at radius 2 is 2.16 bits per heavy atom. The SMILES string of the molecule is Nc1nc(Cl)cc(Oc2cccc([N+](=O)[O-])c2Br)n1. The van der Waals surface area contributed by atoms with Crippen LogP contribution in [0.3, 0.4) is 0 Å². The number of hydrogen-bond acceptors (Lipinski definition) is 6. The molecule has 0 spiro atoms. The van der Waals surface area contributed by atoms with Gasteiger partial charge in [-0.25, -0.2) is 4.98 Å². The van der Waals surface area contributed by atoms with Crippen LogP contribution in [0, 0.1) is 10.1 Å². The van der Waals surface area contributed by atoms with Crippen LogP contribution in [-0.4, -0.2) is 14.9 Å². The molecule has 0 aliphatic heterocycles. The van der Waals surface area contributed by atoms with Gasteiger partial charge >= 0.3 is 0 Å². The lowest BCUT2D eigenvalue weighted by molar-refractivity contribution is -0.385. The summed E-state index contributed by atoms with van der Waals surface area (Å²) in [4.78, 5) is 17.7. The molecule has 1 heterocycles. The molecule has 0 fully saturated rings. The van der Waals surface area contributed by atoms with Gasteiger partial charge in [-0.1, -0.05) is 17.7 Å². The summed E-state index contributed by atoms with van der Waals surface area (Å²) in [6.07, 6.45) is 0. The fourth-order valence-corrected chi connectivity index (χ4v) is 1.97. The Balaban J connectivity index is 2.38. The van der Waals surface area contributed by atoms with E-state index < -0.39 is 4.92 Å². The molecular weight excluding hydrogens is 339 g/mol. The Kier molecular flexibility index (Phi) is 3.82. The summed E-state index contributed by atoms with van der Waals surface area (Å²) in [7, 11) is 0. The second kappa shape index (κ2) is 5.37. The molecule has 0 atom stereocenters. The number of nitrogens with zero attached hydrogens (tertiary/aromatic N) is 3. The topological polar surface area (TPSA) is 104 Å². The standard InChI is InChI=1S/C10H6BrClN4O3/c11-9-5(16(17)18)2-1-3-6(9)19-8-4-7(12)14-10(13)15-8/h1-4H,(H2,13,14,15). The van der Waals surface area contributed by atoms with Crippen LogP contribution in [0.4, 0.5) is 11.6 Å². The van der Waals surface area contributed by atoms with Crippen LogP contribution in [0.1, 0.15) is 0 Å². The molecule has 0 amide bonds. The lowest BCUT2D eigenvalue weighted by atomic mass is 10.3. The molecule has 9 heteroatoms. The maximum Gasteiger partial charge on any atom is 0.287 e. The van der Waals surface area contributed by atoms with Gasteiger partial charge in [0.1, 0.15) is 9.63 Å². The van der Waals surface area contributed by atoms with Crippen LogP contribution in [-0.2, 0) is 0 Å². The number of benzene rings is 1. The number of halogens is 2. The Morgan fingerprint density at radius 3 is 2.79 bits per heavy atom. The van der Waals surface area contributed by atoms with E-state index in [9.17, 15) is 10.1 Å². The first-order valence-corrected chi connectivity index (χ1v) is 6.05. The Hall–Kier alpha value is -1.93. The first-order chi connectivity index (χ1) is 8.97. The molecule has 0 aliphatic carbocycles. The summed E-state index contributed by atoms with van der Waals surface area (Å²) in [5, 5.41) is 10.9. The number of nitrogen functional groups attached to an aromatic ring is 1. The molecule has 1 aromatic carbocycles. The molecule has 0 saturated carbocycles. The Morgan fingerprint density at radius 1 is 1.42 bits per heavy atom. The van der Waals surface area contributed by atoms with Gasteiger partial charge in [0.2, 0.25) is 11.8 Å². The summed E-state index contributed by atoms with van der Waals surface area (Å²) in [6, 6.07) is 5.73. The number of nitrogens with two attached hydrogens (primary N) is 1. The molecule has 0 aliphatic rings. The predicted octanol–water partition coefficient (Wildman–Crippen LogP) is 3.18. The first kappa shape index (κ1) is 13.5. The van der Waals surface area contributed by atoms with E-state index in [4.69, 9.17) is 22.1 Å². The summed E-state index contributed by atoms with van der Waals surface area (Å²) in [6.45, 7) is 0. The molecule has 0 unspecified atom stereocenters. The van der Waals surface area contributed by atoms with Crippen molar-refractivity contribution in [2.75, 3.05) is 5.73 Å². The predicted molar refractivity (Wildman–Crippen MR) is 72.3 cm³/mol. The zero-order chi connectivity index (χ0) is 14.0. The molecule has 2 aromatic rings. The van der Waals surface area contributed by atoms with Gasteiger partial charge in [0.05, 0.1) is 4.92 Å². The largest absolute Gasteiger partial charge is 0.437 e. The Bertz CT molecular complexity index is 632. The summed E-state index contributed by atoms with van der Waals surface area (Å²) in [5.74, 6) is 0.270. The van der Waals surface area contributed by atoms with E-state index in [0.29, 0.717) is 0 Å². The molecule has 98 valence electrons. The third kappa shape index (κ3) is 3.09. The maximum absolute atomic E-state index is 10.8. The van der Waals surface area contributed by atoms with E-state index in [0.717, 1.165) is 0 Å². The highest BCUT2D eigenvalue weighted by atomic mass is 79.9. The van der Waals surface area contributed by atoms with E-state index in [1.165, 1.54) is 18.2 Å². The number of hydrogen-bond donors (Lipinski definition) is 1. The van der Waals surface area contributed by atoms with E-state index >= 15 is 0 Å². The minimum Gasteiger partial charge on any atom is -0.437 e. The van der Waals surface area contributed by atoms with Gasteiger partial charge in [-0.05, 0) is 22.0 Å². The zero-order valence-corrected chi connectivity index (χ0v) is 11.6. The van der Waals surface area contributed by atoms with Gasteiger partial charge < -0.3 is 10.5 Å². The van der Waals surface area contributed by atoms with Crippen molar-refractivity contribution in [1.29, 1.82) is 0 Å². The third-order valence-electron chi connectivity index (χ3n) is 2.04. The van der Waals surface area contributed by atoms with Gasteiger partial charge in [0.15, 0.2) is 5.75 Å². The van der Waals surface area contributed by atoms with Gasteiger partial charge in [-0.3, -0.25) is 10.1 Å². The number of anilines is 1. The number of nitro groups is 1. The third-order valence-corrected chi connectivity index (χ3v) is 3.03. The van der Waals surface area contributed by atoms with Gasteiger partial charge in [-0.15, -0.1) is 0 Å². The van der Waals surface area contributed by atoms with E-state index in [1.54, 1.807) is 6.07 Å². The molecular formula is C10H6BrClN4O3. The zero-order valence-electron chi connectivity index (χ0n) is 9.21. The molecule has 0 radical (unpaired) electrons. The van der Waals surface area contributed by atoms with Crippen LogP contribution >= 0.6 is 27.5 Å². The summed E-state index contributed by atoms with van der Waals surface area (Å²) >= 11 is 8.81. The fraction of sp³-hybridized carbons (Fsp3) is 0. The smallest absolute Gasteiger partial charge is 0.287 e. The van der Waals surface area contributed by atoms with Crippen molar-refractivity contribution in [3.63, 3.8) is 0 Å². The van der Waals surface area contributed by atoms with Crippen molar-refractivity contribution >= 4 is 39.2 Å². The monoisotopic (exact) mass is 344 g/mol. The molecule has 0 saturated heterocycles. The molecule has 1 aromatic heterocycles. The van der Waals surface area contributed by atoms with Crippen molar-refractivity contribution in [3.8, 4) is 11.6 Å². The quantitative estimate of drug-likeness (QED) is 0.520. The lowest BCUT2D eigenvalue weighted by Crippen LogP contribution is -1.98. The highest BCUT2D eigenvalue weighted by Crippen LogP contribution is 2.36. The highest BCUT2D eigenvalue weighted by Gasteiger charge is 2.17. The van der Waals surface area contributed by atoms with Gasteiger partial charge in [0, 0.05) is 12.1 Å². The van der Waals surface area contributed by atoms with Crippen molar-refractivity contribution in [2.24, 2.45) is 0 Å². The van der Waals surface area contributed by atoms with Crippen molar-refractivity contribution < 1.29 is 9.66 Å². The van der Waals surface area contributed by atoms with Crippen molar-refractivity contribution in [2.45, 2.75) is 0 Å². The minimum absolute atomic E-state index is 0.0518. The molecule has 2 rings (SSSR count). The maximum atomic E-state index is 10.8. The fourth-order valence-electron chi connectivity index (χ4n) is 1.30. The summed E-state index contributed by atoms with van der Waals surface area (Å²) < 4.78 is 5.60. The van der Waals surface area contributed by atoms with Gasteiger partial charge in [0.25, 0.3) is 5.69 Å². The van der Waals surface area contributed by atoms with Crippen LogP contribution in [0.2, 0.25) is 5.15 Å². The number of ether oxygens (including phenoxy) is 1. The average molecular weight is 346 g/mol. The normalized spacial score (nSPS) is 10.2. The second-order valence-corrected chi connectivity index (χ2v) is 4.52. The summed E-state index contributed by atoms with van der Waals surface area (Å²) in [5.41, 5.74) is 5.30. The number of aromatic nitrogens is 2. The second-order valence-electron chi connectivity index (χ2n) is 3.34. The molecule has 2 N–H and O–H groups in total. The average Bonchev–Trinajstić information content (AvgIpc) is 2.30. The van der Waals surface area contributed by atoms with Gasteiger partial charge in [-0.2, -0.15) is 4.98 Å². The molecule has 0 bridgehead atoms. The van der Waals surface area contributed by atoms with E-state index in [1.807, 2.05) is 0 Å². The van der Waals surface area contributed by atoms with E-state index in [-0.39, 0.29) is 32.9 Å². The van der Waals surface area contributed by atoms with Crippen molar-refractivity contribution in [3.05, 3.63) is 44.0 Å². The lowest BCUT2D eigenvalue weighted by Gasteiger charge is -2.07. The Labute approximate surface area is 120 Å². The van der Waals surface area contributed by atoms with Crippen LogP contribution in [0.25, 0.3) is 0 Å². The van der Waals surface area contributed by atoms with Crippen LogP contribution in [0.5, 0.6) is 11.6 Å². The number of rotatable bonds is 3. The highest BCUT2D eigenvalue weighted by molar-refractivity contribution is 9.10. The van der Waals surface area contributed by atoms with Crippen LogP contribution < -0.4 is 10.5 Å². The first-order valence-electron chi connectivity index (χ1n) is 4.88. The number of nitro benzene ring substituents is 1. The van der Waals surface area contributed by atoms with E-state index in [2.05, 4.69) is 25.9 Å². The van der Waals surface area contributed by atoms with Crippen LogP contribution in [0.15, 0.2) is 28.7 Å².